The minimum atomic E-state index is -0.127. The van der Waals surface area contributed by atoms with Crippen molar-refractivity contribution < 1.29 is 4.79 Å². The predicted molar refractivity (Wildman–Crippen MR) is 110 cm³/mol. The number of benzene rings is 1. The summed E-state index contributed by atoms with van der Waals surface area (Å²) in [4.78, 5) is 38.6. The lowest BCUT2D eigenvalue weighted by Gasteiger charge is -2.36. The van der Waals surface area contributed by atoms with E-state index in [1.807, 2.05) is 25.1 Å². The van der Waals surface area contributed by atoms with E-state index in [2.05, 4.69) is 14.8 Å². The molecule has 0 amide bonds. The van der Waals surface area contributed by atoms with Crippen LogP contribution in [0.4, 0.5) is 11.8 Å². The molecule has 0 radical (unpaired) electrons. The Kier molecular flexibility index (Phi) is 4.58. The van der Waals surface area contributed by atoms with Crippen LogP contribution in [-0.2, 0) is 7.05 Å². The number of anilines is 2. The highest BCUT2D eigenvalue weighted by atomic mass is 16.1. The van der Waals surface area contributed by atoms with E-state index in [0.29, 0.717) is 22.4 Å². The van der Waals surface area contributed by atoms with Gasteiger partial charge in [0.2, 0.25) is 5.95 Å². The summed E-state index contributed by atoms with van der Waals surface area (Å²) in [6, 6.07) is 9.50. The average molecular weight is 377 g/mol. The summed E-state index contributed by atoms with van der Waals surface area (Å²) in [5.74, 6) is 1.47. The van der Waals surface area contributed by atoms with Crippen molar-refractivity contribution in [3.05, 3.63) is 58.0 Å². The molecule has 7 nitrogen and oxygen atoms in total. The van der Waals surface area contributed by atoms with Gasteiger partial charge >= 0.3 is 0 Å². The largest absolute Gasteiger partial charge is 0.353 e. The fourth-order valence-electron chi connectivity index (χ4n) is 3.74. The van der Waals surface area contributed by atoms with E-state index in [-0.39, 0.29) is 11.3 Å². The zero-order valence-electron chi connectivity index (χ0n) is 16.3. The van der Waals surface area contributed by atoms with Gasteiger partial charge in [0.25, 0.3) is 5.56 Å². The molecule has 1 fully saturated rings. The molecule has 1 aromatic carbocycles. The first-order chi connectivity index (χ1) is 13.5. The van der Waals surface area contributed by atoms with Gasteiger partial charge in [0.1, 0.15) is 5.82 Å². The molecule has 144 valence electrons. The monoisotopic (exact) mass is 377 g/mol. The molecule has 0 bridgehead atoms. The minimum Gasteiger partial charge on any atom is -0.353 e. The van der Waals surface area contributed by atoms with Crippen molar-refractivity contribution in [3.63, 3.8) is 0 Å². The number of Topliss-reactive ketones (excluding diaryl/α,β-unsaturated/α-hetero) is 1. The number of aryl methyl sites for hydroxylation is 1. The smallest absolute Gasteiger partial charge is 0.262 e. The second-order valence-electron chi connectivity index (χ2n) is 7.20. The van der Waals surface area contributed by atoms with Gasteiger partial charge in [-0.1, -0.05) is 6.07 Å². The van der Waals surface area contributed by atoms with Crippen LogP contribution in [0, 0.1) is 6.92 Å². The molecule has 3 aromatic rings. The third-order valence-electron chi connectivity index (χ3n) is 5.22. The van der Waals surface area contributed by atoms with Crippen molar-refractivity contribution in [2.75, 3.05) is 36.0 Å². The maximum Gasteiger partial charge on any atom is 0.262 e. The van der Waals surface area contributed by atoms with E-state index in [1.54, 1.807) is 29.9 Å². The van der Waals surface area contributed by atoms with Crippen LogP contribution in [-0.4, -0.2) is 46.5 Å². The number of pyridine rings is 1. The van der Waals surface area contributed by atoms with Gasteiger partial charge < -0.3 is 9.80 Å². The highest BCUT2D eigenvalue weighted by Gasteiger charge is 2.23. The average Bonchev–Trinajstić information content (AvgIpc) is 2.71. The Bertz CT molecular complexity index is 1100. The first-order valence-electron chi connectivity index (χ1n) is 9.39. The van der Waals surface area contributed by atoms with E-state index in [9.17, 15) is 9.59 Å². The number of hydrogen-bond acceptors (Lipinski definition) is 6. The van der Waals surface area contributed by atoms with Crippen LogP contribution in [0.15, 0.2) is 41.3 Å². The number of piperazine rings is 1. The van der Waals surface area contributed by atoms with Crippen molar-refractivity contribution in [3.8, 4) is 0 Å². The number of nitrogens with zero attached hydrogens (tertiary/aromatic N) is 5. The molecule has 1 aliphatic heterocycles. The van der Waals surface area contributed by atoms with Gasteiger partial charge in [-0.15, -0.1) is 0 Å². The van der Waals surface area contributed by atoms with E-state index in [0.717, 1.165) is 37.6 Å². The number of ketones is 1. The molecule has 1 saturated heterocycles. The molecular weight excluding hydrogens is 354 g/mol. The van der Waals surface area contributed by atoms with Crippen LogP contribution < -0.4 is 15.4 Å². The Labute approximate surface area is 163 Å². The highest BCUT2D eigenvalue weighted by Crippen LogP contribution is 2.22. The molecule has 0 aliphatic carbocycles. The summed E-state index contributed by atoms with van der Waals surface area (Å²) in [7, 11) is 1.74. The molecule has 0 saturated carbocycles. The highest BCUT2D eigenvalue weighted by molar-refractivity contribution is 6.05. The van der Waals surface area contributed by atoms with Crippen LogP contribution >= 0.6 is 0 Å². The first kappa shape index (κ1) is 18.2. The summed E-state index contributed by atoms with van der Waals surface area (Å²) < 4.78 is 1.59. The molecule has 2 aromatic heterocycles. The molecule has 3 heterocycles. The van der Waals surface area contributed by atoms with Crippen molar-refractivity contribution in [1.29, 1.82) is 0 Å². The lowest BCUT2D eigenvalue weighted by atomic mass is 10.0. The number of rotatable bonds is 3. The van der Waals surface area contributed by atoms with Gasteiger partial charge in [-0.3, -0.25) is 14.2 Å². The maximum atomic E-state index is 13.0. The third-order valence-corrected chi connectivity index (χ3v) is 5.22. The van der Waals surface area contributed by atoms with Gasteiger partial charge in [0.05, 0.1) is 10.9 Å². The molecule has 0 atom stereocenters. The van der Waals surface area contributed by atoms with Crippen molar-refractivity contribution in [2.45, 2.75) is 13.8 Å². The molecule has 28 heavy (non-hydrogen) atoms. The molecule has 7 heteroatoms. The normalized spacial score (nSPS) is 14.5. The van der Waals surface area contributed by atoms with Crippen LogP contribution in [0.25, 0.3) is 10.9 Å². The summed E-state index contributed by atoms with van der Waals surface area (Å²) in [6.45, 7) is 6.43. The van der Waals surface area contributed by atoms with Gasteiger partial charge in [0.15, 0.2) is 5.78 Å². The number of fused-ring (bicyclic) bond motifs is 1. The summed E-state index contributed by atoms with van der Waals surface area (Å²) >= 11 is 0. The Morgan fingerprint density at radius 2 is 1.79 bits per heavy atom. The van der Waals surface area contributed by atoms with Gasteiger partial charge in [-0.2, -0.15) is 0 Å². The van der Waals surface area contributed by atoms with Gasteiger partial charge in [-0.05, 0) is 43.7 Å². The quantitative estimate of drug-likeness (QED) is 0.652. The SMILES string of the molecule is CC(=O)c1cc(C)cc2c(=O)n(C)c(N3CCN(c4ccccn4)CC3)nc12. The molecule has 0 unspecified atom stereocenters. The van der Waals surface area contributed by atoms with Crippen LogP contribution in [0.1, 0.15) is 22.8 Å². The third kappa shape index (κ3) is 3.13. The zero-order chi connectivity index (χ0) is 19.8. The lowest BCUT2D eigenvalue weighted by Crippen LogP contribution is -2.48. The summed E-state index contributed by atoms with van der Waals surface area (Å²) in [5.41, 5.74) is 1.75. The first-order valence-corrected chi connectivity index (χ1v) is 9.39. The minimum absolute atomic E-state index is 0.0830. The summed E-state index contributed by atoms with van der Waals surface area (Å²) in [5, 5.41) is 0.489. The Morgan fingerprint density at radius 1 is 1.07 bits per heavy atom. The fraction of sp³-hybridized carbons (Fsp3) is 0.333. The van der Waals surface area contributed by atoms with E-state index in [1.165, 1.54) is 6.92 Å². The van der Waals surface area contributed by atoms with Crippen LogP contribution in [0.2, 0.25) is 0 Å². The lowest BCUT2D eigenvalue weighted by molar-refractivity contribution is 0.101. The molecule has 0 spiro atoms. The fourth-order valence-corrected chi connectivity index (χ4v) is 3.74. The number of carbonyl (C=O) groups excluding carboxylic acids is 1. The van der Waals surface area contributed by atoms with Gasteiger partial charge in [-0.25, -0.2) is 9.97 Å². The molecule has 4 rings (SSSR count). The van der Waals surface area contributed by atoms with Crippen molar-refractivity contribution in [1.82, 2.24) is 14.5 Å². The molecule has 1 aliphatic rings. The second-order valence-corrected chi connectivity index (χ2v) is 7.20. The number of aromatic nitrogens is 3. The topological polar surface area (TPSA) is 71.3 Å². The second kappa shape index (κ2) is 7.07. The van der Waals surface area contributed by atoms with Crippen molar-refractivity contribution >= 4 is 28.5 Å². The Hall–Kier alpha value is -3.22. The van der Waals surface area contributed by atoms with Crippen LogP contribution in [0.3, 0.4) is 0 Å². The molecule has 0 N–H and O–H groups in total. The number of hydrogen-bond donors (Lipinski definition) is 0. The zero-order valence-corrected chi connectivity index (χ0v) is 16.3. The molecular formula is C21H23N5O2. The van der Waals surface area contributed by atoms with E-state index in [4.69, 9.17) is 4.98 Å². The Morgan fingerprint density at radius 3 is 2.43 bits per heavy atom. The predicted octanol–water partition coefficient (Wildman–Crippen LogP) is 2.17. The number of carbonyl (C=O) groups is 1. The Balaban J connectivity index is 1.71. The van der Waals surface area contributed by atoms with Crippen LogP contribution in [0.5, 0.6) is 0 Å². The maximum absolute atomic E-state index is 13.0. The van der Waals surface area contributed by atoms with E-state index >= 15 is 0 Å². The summed E-state index contributed by atoms with van der Waals surface area (Å²) in [6.07, 6.45) is 1.79. The van der Waals surface area contributed by atoms with Crippen molar-refractivity contribution in [2.24, 2.45) is 7.05 Å². The standard InChI is InChI=1S/C21H23N5O2/c1-14-12-16(15(2)27)19-17(13-14)20(28)24(3)21(23-19)26-10-8-25(9-11-26)18-6-4-5-7-22-18/h4-7,12-13H,8-11H2,1-3H3. The van der Waals surface area contributed by atoms with E-state index < -0.39 is 0 Å². The van der Waals surface area contributed by atoms with Gasteiger partial charge in [0, 0.05) is 45.0 Å².